The second-order valence-electron chi connectivity index (χ2n) is 5.59. The monoisotopic (exact) mass is 275 g/mol. The molecule has 0 bridgehead atoms. The van der Waals surface area contributed by atoms with Gasteiger partial charge in [-0.2, -0.15) is 24.4 Å². The predicted molar refractivity (Wildman–Crippen MR) is 84.5 cm³/mol. The van der Waals surface area contributed by atoms with E-state index in [9.17, 15) is 0 Å². The molecule has 0 aromatic heterocycles. The van der Waals surface area contributed by atoms with E-state index in [4.69, 9.17) is 0 Å². The van der Waals surface area contributed by atoms with Gasteiger partial charge in [0.05, 0.1) is 0 Å². The highest BCUT2D eigenvalue weighted by atomic mass is 32.2. The van der Waals surface area contributed by atoms with Crippen LogP contribution in [-0.4, -0.2) is 41.8 Å². The molecule has 1 heterocycles. The van der Waals surface area contributed by atoms with Gasteiger partial charge >= 0.3 is 0 Å². The molecule has 0 spiro atoms. The summed E-state index contributed by atoms with van der Waals surface area (Å²) >= 11 is 6.76. The first-order valence-electron chi connectivity index (χ1n) is 7.06. The van der Waals surface area contributed by atoms with Gasteiger partial charge in [-0.05, 0) is 43.2 Å². The van der Waals surface area contributed by atoms with Crippen molar-refractivity contribution < 1.29 is 0 Å². The molecule has 0 amide bonds. The van der Waals surface area contributed by atoms with E-state index in [1.165, 1.54) is 50.2 Å². The van der Waals surface area contributed by atoms with Gasteiger partial charge < -0.3 is 4.90 Å². The van der Waals surface area contributed by atoms with E-state index in [1.54, 1.807) is 0 Å². The molecule has 0 aromatic carbocycles. The van der Waals surface area contributed by atoms with E-state index in [0.29, 0.717) is 5.41 Å². The van der Waals surface area contributed by atoms with Crippen LogP contribution < -0.4 is 0 Å². The Bertz CT molecular complexity index is 196. The van der Waals surface area contributed by atoms with Crippen LogP contribution in [0.3, 0.4) is 0 Å². The Morgan fingerprint density at radius 3 is 2.35 bits per heavy atom. The van der Waals surface area contributed by atoms with Crippen molar-refractivity contribution in [3.63, 3.8) is 0 Å². The molecular weight excluding hydrogens is 246 g/mol. The van der Waals surface area contributed by atoms with E-state index in [0.717, 1.165) is 11.8 Å². The highest BCUT2D eigenvalue weighted by Gasteiger charge is 2.31. The largest absolute Gasteiger partial charge is 0.302 e. The van der Waals surface area contributed by atoms with E-state index in [2.05, 4.69) is 50.2 Å². The van der Waals surface area contributed by atoms with Crippen molar-refractivity contribution in [2.75, 3.05) is 30.9 Å². The Morgan fingerprint density at radius 1 is 1.29 bits per heavy atom. The van der Waals surface area contributed by atoms with E-state index in [1.807, 2.05) is 0 Å². The van der Waals surface area contributed by atoms with Crippen molar-refractivity contribution in [2.24, 2.45) is 5.41 Å². The molecule has 1 unspecified atom stereocenters. The minimum Gasteiger partial charge on any atom is -0.302 e. The zero-order chi connectivity index (χ0) is 12.7. The van der Waals surface area contributed by atoms with Gasteiger partial charge in [0.2, 0.25) is 0 Å². The Labute approximate surface area is 118 Å². The van der Waals surface area contributed by atoms with Crippen molar-refractivity contribution in [1.29, 1.82) is 0 Å². The van der Waals surface area contributed by atoms with Crippen LogP contribution in [0.4, 0.5) is 0 Å². The molecule has 0 N–H and O–H groups in total. The number of hydrogen-bond donors (Lipinski definition) is 1. The first-order valence-corrected chi connectivity index (χ1v) is 8.85. The molecule has 0 aromatic rings. The third-order valence-corrected chi connectivity index (χ3v) is 5.83. The van der Waals surface area contributed by atoms with Gasteiger partial charge in [-0.15, -0.1) is 0 Å². The third-order valence-electron chi connectivity index (χ3n) is 4.01. The molecule has 0 aliphatic carbocycles. The SMILES string of the molecule is CCCC(CS)(CCC)CN(C)C1CCSC1. The Balaban J connectivity index is 2.56. The average molecular weight is 276 g/mol. The zero-order valence-electron chi connectivity index (χ0n) is 11.7. The van der Waals surface area contributed by atoms with E-state index < -0.39 is 0 Å². The topological polar surface area (TPSA) is 3.24 Å². The van der Waals surface area contributed by atoms with Crippen molar-refractivity contribution in [2.45, 2.75) is 52.0 Å². The summed E-state index contributed by atoms with van der Waals surface area (Å²) in [5.74, 6) is 3.72. The van der Waals surface area contributed by atoms with Crippen LogP contribution in [0.15, 0.2) is 0 Å². The van der Waals surface area contributed by atoms with Crippen LogP contribution in [-0.2, 0) is 0 Å². The summed E-state index contributed by atoms with van der Waals surface area (Å²) in [6, 6.07) is 0.813. The zero-order valence-corrected chi connectivity index (χ0v) is 13.5. The Morgan fingerprint density at radius 2 is 1.94 bits per heavy atom. The molecule has 1 atom stereocenters. The molecule has 1 saturated heterocycles. The van der Waals surface area contributed by atoms with Crippen molar-refractivity contribution in [3.05, 3.63) is 0 Å². The van der Waals surface area contributed by atoms with Crippen LogP contribution >= 0.6 is 24.4 Å². The molecule has 0 saturated carbocycles. The fraction of sp³-hybridized carbons (Fsp3) is 1.00. The standard InChI is InChI=1S/C14H29NS2/c1-4-7-14(12-16,8-5-2)11-15(3)13-6-9-17-10-13/h13,16H,4-12H2,1-3H3. The van der Waals surface area contributed by atoms with Crippen molar-refractivity contribution >= 4 is 24.4 Å². The summed E-state index contributed by atoms with van der Waals surface area (Å²) in [5, 5.41) is 0. The van der Waals surface area contributed by atoms with Crippen LogP contribution in [0.1, 0.15) is 46.0 Å². The summed E-state index contributed by atoms with van der Waals surface area (Å²) in [7, 11) is 2.32. The predicted octanol–water partition coefficient (Wildman–Crippen LogP) is 3.94. The molecule has 1 fully saturated rings. The maximum absolute atomic E-state index is 4.65. The molecule has 1 aliphatic rings. The lowest BCUT2D eigenvalue weighted by atomic mass is 9.80. The first kappa shape index (κ1) is 15.7. The van der Waals surface area contributed by atoms with Gasteiger partial charge in [-0.1, -0.05) is 26.7 Å². The molecule has 17 heavy (non-hydrogen) atoms. The number of thioether (sulfide) groups is 1. The molecular formula is C14H29NS2. The molecule has 3 heteroatoms. The summed E-state index contributed by atoms with van der Waals surface area (Å²) in [6.07, 6.45) is 6.60. The van der Waals surface area contributed by atoms with Crippen molar-refractivity contribution in [3.8, 4) is 0 Å². The maximum Gasteiger partial charge on any atom is 0.0191 e. The van der Waals surface area contributed by atoms with E-state index in [-0.39, 0.29) is 0 Å². The van der Waals surface area contributed by atoms with Gasteiger partial charge in [0.25, 0.3) is 0 Å². The lowest BCUT2D eigenvalue weighted by Crippen LogP contribution is -2.42. The molecule has 1 rings (SSSR count). The summed E-state index contributed by atoms with van der Waals surface area (Å²) < 4.78 is 0. The van der Waals surface area contributed by atoms with Crippen LogP contribution in [0.5, 0.6) is 0 Å². The molecule has 0 radical (unpaired) electrons. The second-order valence-corrected chi connectivity index (χ2v) is 7.06. The second kappa shape index (κ2) is 7.96. The van der Waals surface area contributed by atoms with Gasteiger partial charge in [0.1, 0.15) is 0 Å². The third kappa shape index (κ3) is 4.68. The number of rotatable bonds is 8. The van der Waals surface area contributed by atoms with Gasteiger partial charge in [0.15, 0.2) is 0 Å². The quantitative estimate of drug-likeness (QED) is 0.668. The molecule has 1 aliphatic heterocycles. The van der Waals surface area contributed by atoms with Gasteiger partial charge in [-0.3, -0.25) is 0 Å². The summed E-state index contributed by atoms with van der Waals surface area (Å²) in [6.45, 7) is 5.85. The number of thiol groups is 1. The Kier molecular flexibility index (Phi) is 7.36. The first-order chi connectivity index (χ1) is 8.17. The Hall–Kier alpha value is 0.660. The normalized spacial score (nSPS) is 21.4. The maximum atomic E-state index is 4.65. The minimum atomic E-state index is 0.453. The van der Waals surface area contributed by atoms with Crippen LogP contribution in [0, 0.1) is 5.41 Å². The average Bonchev–Trinajstić information content (AvgIpc) is 2.83. The highest BCUT2D eigenvalue weighted by molar-refractivity contribution is 7.99. The van der Waals surface area contributed by atoms with Gasteiger partial charge in [0, 0.05) is 18.3 Å². The van der Waals surface area contributed by atoms with Crippen LogP contribution in [0.25, 0.3) is 0 Å². The summed E-state index contributed by atoms with van der Waals surface area (Å²) in [5.41, 5.74) is 0.453. The lowest BCUT2D eigenvalue weighted by Gasteiger charge is -2.38. The number of nitrogens with zero attached hydrogens (tertiary/aromatic N) is 1. The number of hydrogen-bond acceptors (Lipinski definition) is 3. The fourth-order valence-corrected chi connectivity index (χ4v) is 4.79. The minimum absolute atomic E-state index is 0.453. The fourth-order valence-electron chi connectivity index (χ4n) is 3.08. The van der Waals surface area contributed by atoms with Gasteiger partial charge in [-0.25, -0.2) is 0 Å². The van der Waals surface area contributed by atoms with Crippen LogP contribution in [0.2, 0.25) is 0 Å². The van der Waals surface area contributed by atoms with Crippen molar-refractivity contribution in [1.82, 2.24) is 4.90 Å². The van der Waals surface area contributed by atoms with E-state index >= 15 is 0 Å². The molecule has 102 valence electrons. The lowest BCUT2D eigenvalue weighted by molar-refractivity contribution is 0.141. The highest BCUT2D eigenvalue weighted by Crippen LogP contribution is 2.34. The smallest absolute Gasteiger partial charge is 0.0191 e. The summed E-state index contributed by atoms with van der Waals surface area (Å²) in [4.78, 5) is 2.61. The molecule has 1 nitrogen and oxygen atoms in total.